The molecule has 0 amide bonds. The van der Waals surface area contributed by atoms with E-state index in [1.165, 1.54) is 49.2 Å². The fourth-order valence-electron chi connectivity index (χ4n) is 2.91. The Morgan fingerprint density at radius 3 is 2.78 bits per heavy atom. The van der Waals surface area contributed by atoms with Gasteiger partial charge in [0.1, 0.15) is 10.8 Å². The number of anilines is 2. The van der Waals surface area contributed by atoms with Gasteiger partial charge in [0.05, 0.1) is 0 Å². The lowest BCUT2D eigenvalue weighted by Gasteiger charge is -2.24. The van der Waals surface area contributed by atoms with Crippen molar-refractivity contribution in [3.63, 3.8) is 0 Å². The Kier molecular flexibility index (Phi) is 3.00. The van der Waals surface area contributed by atoms with E-state index >= 15 is 0 Å². The van der Waals surface area contributed by atoms with Crippen LogP contribution in [0.5, 0.6) is 0 Å². The second-order valence-electron chi connectivity index (χ2n) is 6.57. The van der Waals surface area contributed by atoms with E-state index in [0.29, 0.717) is 11.3 Å². The van der Waals surface area contributed by atoms with Crippen molar-refractivity contribution in [2.45, 2.75) is 51.9 Å². The predicted molar refractivity (Wildman–Crippen MR) is 78.3 cm³/mol. The molecule has 0 aromatic carbocycles. The quantitative estimate of drug-likeness (QED) is 0.888. The molecule has 1 aromatic heterocycles. The summed E-state index contributed by atoms with van der Waals surface area (Å²) in [6, 6.07) is 0. The average molecular weight is 265 g/mol. The molecule has 1 saturated carbocycles. The Bertz CT molecular complexity index is 434. The summed E-state index contributed by atoms with van der Waals surface area (Å²) < 4.78 is 4.40. The normalized spacial score (nSPS) is 24.0. The van der Waals surface area contributed by atoms with E-state index < -0.39 is 0 Å². The molecule has 3 nitrogen and oxygen atoms in total. The van der Waals surface area contributed by atoms with Gasteiger partial charge < -0.3 is 10.6 Å². The monoisotopic (exact) mass is 265 g/mol. The van der Waals surface area contributed by atoms with Crippen molar-refractivity contribution in [1.82, 2.24) is 4.37 Å². The van der Waals surface area contributed by atoms with E-state index in [9.17, 15) is 0 Å². The van der Waals surface area contributed by atoms with Gasteiger partial charge in [0.2, 0.25) is 0 Å². The SMILES string of the molecule is CC1(C)CCCN(c2snc(N)c2C2CC2)CC1. The summed E-state index contributed by atoms with van der Waals surface area (Å²) in [6.07, 6.45) is 6.49. The van der Waals surface area contributed by atoms with Gasteiger partial charge in [-0.2, -0.15) is 4.37 Å². The van der Waals surface area contributed by atoms with E-state index in [4.69, 9.17) is 5.73 Å². The minimum Gasteiger partial charge on any atom is -0.383 e. The van der Waals surface area contributed by atoms with Gasteiger partial charge in [0.15, 0.2) is 0 Å². The average Bonchev–Trinajstić information content (AvgIpc) is 3.08. The maximum Gasteiger partial charge on any atom is 0.142 e. The smallest absolute Gasteiger partial charge is 0.142 e. The Balaban J connectivity index is 1.82. The lowest BCUT2D eigenvalue weighted by molar-refractivity contribution is 0.325. The van der Waals surface area contributed by atoms with E-state index in [-0.39, 0.29) is 0 Å². The molecule has 0 bridgehead atoms. The summed E-state index contributed by atoms with van der Waals surface area (Å²) in [4.78, 5) is 2.54. The summed E-state index contributed by atoms with van der Waals surface area (Å²) in [6.45, 7) is 7.11. The van der Waals surface area contributed by atoms with Gasteiger partial charge in [-0.25, -0.2) is 0 Å². The van der Waals surface area contributed by atoms with Crippen molar-refractivity contribution in [2.24, 2.45) is 5.41 Å². The zero-order valence-corrected chi connectivity index (χ0v) is 12.2. The van der Waals surface area contributed by atoms with Crippen molar-refractivity contribution in [1.29, 1.82) is 0 Å². The molecule has 18 heavy (non-hydrogen) atoms. The van der Waals surface area contributed by atoms with E-state index in [1.807, 2.05) is 0 Å². The summed E-state index contributed by atoms with van der Waals surface area (Å²) >= 11 is 1.61. The molecule has 2 N–H and O–H groups in total. The first-order valence-corrected chi connectivity index (χ1v) is 7.84. The molecule has 2 fully saturated rings. The van der Waals surface area contributed by atoms with Gasteiger partial charge in [0.25, 0.3) is 0 Å². The largest absolute Gasteiger partial charge is 0.383 e. The van der Waals surface area contributed by atoms with Crippen LogP contribution in [0.3, 0.4) is 0 Å². The van der Waals surface area contributed by atoms with Crippen molar-refractivity contribution >= 4 is 22.4 Å². The summed E-state index contributed by atoms with van der Waals surface area (Å²) in [7, 11) is 0. The first-order chi connectivity index (χ1) is 8.57. The van der Waals surface area contributed by atoms with E-state index in [0.717, 1.165) is 12.4 Å². The lowest BCUT2D eigenvalue weighted by Crippen LogP contribution is -2.25. The second-order valence-corrected chi connectivity index (χ2v) is 7.32. The molecule has 2 heterocycles. The van der Waals surface area contributed by atoms with Crippen molar-refractivity contribution in [2.75, 3.05) is 23.7 Å². The zero-order valence-electron chi connectivity index (χ0n) is 11.4. The molecule has 1 aliphatic heterocycles. The second kappa shape index (κ2) is 4.41. The highest BCUT2D eigenvalue weighted by atomic mass is 32.1. The lowest BCUT2D eigenvalue weighted by atomic mass is 9.85. The maximum atomic E-state index is 6.05. The van der Waals surface area contributed by atoms with Gasteiger partial charge >= 0.3 is 0 Å². The van der Waals surface area contributed by atoms with Crippen LogP contribution in [-0.4, -0.2) is 17.5 Å². The number of aromatic nitrogens is 1. The van der Waals surface area contributed by atoms with Crippen LogP contribution in [0, 0.1) is 5.41 Å². The highest BCUT2D eigenvalue weighted by molar-refractivity contribution is 7.10. The first-order valence-electron chi connectivity index (χ1n) is 7.07. The summed E-state index contributed by atoms with van der Waals surface area (Å²) in [5.74, 6) is 1.50. The third kappa shape index (κ3) is 2.35. The molecule has 0 spiro atoms. The minimum atomic E-state index is 0.491. The molecule has 0 radical (unpaired) electrons. The van der Waals surface area contributed by atoms with Gasteiger partial charge in [-0.15, -0.1) is 0 Å². The molecule has 0 atom stereocenters. The Hall–Kier alpha value is -0.770. The number of hydrogen-bond donors (Lipinski definition) is 1. The van der Waals surface area contributed by atoms with Gasteiger partial charge in [-0.1, -0.05) is 13.8 Å². The van der Waals surface area contributed by atoms with Crippen LogP contribution in [0.25, 0.3) is 0 Å². The number of hydrogen-bond acceptors (Lipinski definition) is 4. The number of rotatable bonds is 2. The fourth-order valence-corrected chi connectivity index (χ4v) is 3.86. The topological polar surface area (TPSA) is 42.2 Å². The van der Waals surface area contributed by atoms with Gasteiger partial charge in [-0.3, -0.25) is 0 Å². The molecule has 1 saturated heterocycles. The maximum absolute atomic E-state index is 6.05. The van der Waals surface area contributed by atoms with Gasteiger partial charge in [0, 0.05) is 18.7 Å². The molecule has 100 valence electrons. The highest BCUT2D eigenvalue weighted by Crippen LogP contribution is 2.49. The third-order valence-corrected chi connectivity index (χ3v) is 5.29. The Labute approximate surface area is 114 Å². The molecule has 4 heteroatoms. The molecule has 3 rings (SSSR count). The Morgan fingerprint density at radius 2 is 2.06 bits per heavy atom. The van der Waals surface area contributed by atoms with Crippen LogP contribution in [0.4, 0.5) is 10.8 Å². The third-order valence-electron chi connectivity index (χ3n) is 4.35. The molecule has 1 aromatic rings. The molecule has 2 aliphatic rings. The molecular weight excluding hydrogens is 242 g/mol. The van der Waals surface area contributed by atoms with Crippen molar-refractivity contribution in [3.05, 3.63) is 5.56 Å². The summed E-state index contributed by atoms with van der Waals surface area (Å²) in [5.41, 5.74) is 7.91. The van der Waals surface area contributed by atoms with Crippen molar-refractivity contribution < 1.29 is 0 Å². The molecule has 0 unspecified atom stereocenters. The number of nitrogens with zero attached hydrogens (tertiary/aromatic N) is 2. The van der Waals surface area contributed by atoms with E-state index in [2.05, 4.69) is 23.1 Å². The van der Waals surface area contributed by atoms with Crippen LogP contribution < -0.4 is 10.6 Å². The number of nitrogens with two attached hydrogens (primary N) is 1. The van der Waals surface area contributed by atoms with Crippen LogP contribution in [0.2, 0.25) is 0 Å². The standard InChI is InChI=1S/C14H23N3S/c1-14(2)6-3-8-17(9-7-14)13-11(10-4-5-10)12(15)16-18-13/h10H,3-9H2,1-2H3,(H2,15,16). The highest BCUT2D eigenvalue weighted by Gasteiger charge is 2.33. The zero-order chi connectivity index (χ0) is 12.8. The first kappa shape index (κ1) is 12.3. The van der Waals surface area contributed by atoms with Crippen molar-refractivity contribution in [3.8, 4) is 0 Å². The van der Waals surface area contributed by atoms with Gasteiger partial charge in [-0.05, 0) is 55.0 Å². The van der Waals surface area contributed by atoms with Crippen LogP contribution >= 0.6 is 11.5 Å². The van der Waals surface area contributed by atoms with Crippen LogP contribution in [0.1, 0.15) is 57.4 Å². The minimum absolute atomic E-state index is 0.491. The fraction of sp³-hybridized carbons (Fsp3) is 0.786. The van der Waals surface area contributed by atoms with E-state index in [1.54, 1.807) is 11.5 Å². The molecule has 1 aliphatic carbocycles. The summed E-state index contributed by atoms with van der Waals surface area (Å²) in [5, 5.41) is 1.37. The predicted octanol–water partition coefficient (Wildman–Crippen LogP) is 3.62. The van der Waals surface area contributed by atoms with Crippen LogP contribution in [-0.2, 0) is 0 Å². The Morgan fingerprint density at radius 1 is 1.28 bits per heavy atom. The molecular formula is C14H23N3S. The number of nitrogen functional groups attached to an aromatic ring is 1. The van der Waals surface area contributed by atoms with Crippen LogP contribution in [0.15, 0.2) is 0 Å².